The van der Waals surface area contributed by atoms with Gasteiger partial charge in [-0.15, -0.1) is 0 Å². The molecule has 0 aliphatic heterocycles. The van der Waals surface area contributed by atoms with E-state index in [4.69, 9.17) is 18.9 Å². The Morgan fingerprint density at radius 3 is 2.48 bits per heavy atom. The summed E-state index contributed by atoms with van der Waals surface area (Å²) in [5.41, 5.74) is 0.656. The van der Waals surface area contributed by atoms with Crippen LogP contribution < -0.4 is 9.47 Å². The van der Waals surface area contributed by atoms with Crippen LogP contribution in [0, 0.1) is 0 Å². The quantitative estimate of drug-likeness (QED) is 0.636. The molecule has 21 heavy (non-hydrogen) atoms. The summed E-state index contributed by atoms with van der Waals surface area (Å²) < 4.78 is 21.2. The molecule has 0 heterocycles. The topological polar surface area (TPSA) is 57.2 Å². The van der Waals surface area contributed by atoms with E-state index in [1.54, 1.807) is 32.4 Å². The fourth-order valence-corrected chi connectivity index (χ4v) is 1.85. The van der Waals surface area contributed by atoms with Crippen molar-refractivity contribution in [2.24, 2.45) is 0 Å². The largest absolute Gasteiger partial charge is 0.497 e. The first-order valence-electron chi connectivity index (χ1n) is 7.28. The van der Waals surface area contributed by atoms with Crippen molar-refractivity contribution >= 4 is 0 Å². The van der Waals surface area contributed by atoms with Crippen molar-refractivity contribution in [1.29, 1.82) is 0 Å². The van der Waals surface area contributed by atoms with Gasteiger partial charge < -0.3 is 24.1 Å². The van der Waals surface area contributed by atoms with E-state index in [0.29, 0.717) is 30.3 Å². The highest BCUT2D eigenvalue weighted by Gasteiger charge is 2.14. The monoisotopic (exact) mass is 298 g/mol. The van der Waals surface area contributed by atoms with E-state index < -0.39 is 6.10 Å². The molecule has 0 bridgehead atoms. The van der Waals surface area contributed by atoms with Crippen LogP contribution in [0.4, 0.5) is 0 Å². The maximum atomic E-state index is 10.2. The second-order valence-corrected chi connectivity index (χ2v) is 4.66. The fraction of sp³-hybridized carbons (Fsp3) is 0.625. The molecule has 0 aromatic heterocycles. The zero-order valence-electron chi connectivity index (χ0n) is 13.1. The number of hydrogen-bond acceptors (Lipinski definition) is 5. The lowest BCUT2D eigenvalue weighted by molar-refractivity contribution is 0.00206. The van der Waals surface area contributed by atoms with Crippen LogP contribution in [0.5, 0.6) is 11.5 Å². The zero-order chi connectivity index (χ0) is 15.5. The van der Waals surface area contributed by atoms with Crippen molar-refractivity contribution in [2.45, 2.75) is 25.9 Å². The smallest absolute Gasteiger partial charge is 0.125 e. The minimum atomic E-state index is -0.759. The van der Waals surface area contributed by atoms with E-state index in [9.17, 15) is 5.11 Å². The van der Waals surface area contributed by atoms with Gasteiger partial charge in [0.1, 0.15) is 17.6 Å². The van der Waals surface area contributed by atoms with Crippen molar-refractivity contribution in [3.63, 3.8) is 0 Å². The lowest BCUT2D eigenvalue weighted by Gasteiger charge is -2.16. The summed E-state index contributed by atoms with van der Waals surface area (Å²) in [6.07, 6.45) is 1.42. The molecule has 0 aliphatic carbocycles. The predicted molar refractivity (Wildman–Crippen MR) is 81.1 cm³/mol. The molecule has 0 fully saturated rings. The van der Waals surface area contributed by atoms with Gasteiger partial charge >= 0.3 is 0 Å². The van der Waals surface area contributed by atoms with Crippen LogP contribution in [0.25, 0.3) is 0 Å². The molecule has 1 rings (SSSR count). The van der Waals surface area contributed by atoms with Crippen molar-refractivity contribution < 1.29 is 24.1 Å². The second kappa shape index (κ2) is 10.4. The van der Waals surface area contributed by atoms with Crippen LogP contribution in [0.2, 0.25) is 0 Å². The first-order chi connectivity index (χ1) is 10.2. The Bertz CT molecular complexity index is 394. The summed E-state index contributed by atoms with van der Waals surface area (Å²) in [5.74, 6) is 1.29. The third kappa shape index (κ3) is 6.33. The average Bonchev–Trinajstić information content (AvgIpc) is 2.53. The molecule has 0 spiro atoms. The summed E-state index contributed by atoms with van der Waals surface area (Å²) in [6.45, 7) is 4.08. The number of rotatable bonds is 11. The zero-order valence-corrected chi connectivity index (χ0v) is 13.1. The van der Waals surface area contributed by atoms with E-state index in [-0.39, 0.29) is 6.61 Å². The molecule has 0 radical (unpaired) electrons. The van der Waals surface area contributed by atoms with Crippen LogP contribution in [0.3, 0.4) is 0 Å². The lowest BCUT2D eigenvalue weighted by Crippen LogP contribution is -2.12. The first kappa shape index (κ1) is 17.8. The molecule has 5 heteroatoms. The number of unbranched alkanes of at least 4 members (excludes halogenated alkanes) is 1. The highest BCUT2D eigenvalue weighted by molar-refractivity contribution is 5.41. The molecule has 0 amide bonds. The molecule has 1 N–H and O–H groups in total. The summed E-state index contributed by atoms with van der Waals surface area (Å²) in [6, 6.07) is 5.31. The third-order valence-corrected chi connectivity index (χ3v) is 3.09. The van der Waals surface area contributed by atoms with E-state index in [2.05, 4.69) is 6.92 Å². The highest BCUT2D eigenvalue weighted by Crippen LogP contribution is 2.29. The van der Waals surface area contributed by atoms with Crippen molar-refractivity contribution in [3.8, 4) is 11.5 Å². The Morgan fingerprint density at radius 2 is 1.81 bits per heavy atom. The molecule has 5 nitrogen and oxygen atoms in total. The van der Waals surface area contributed by atoms with Gasteiger partial charge in [0.25, 0.3) is 0 Å². The summed E-state index contributed by atoms with van der Waals surface area (Å²) in [5, 5.41) is 10.2. The minimum Gasteiger partial charge on any atom is -0.497 e. The Balaban J connectivity index is 2.38. The molecule has 0 saturated heterocycles. The molecule has 1 atom stereocenters. The number of methoxy groups -OCH3 is 2. The minimum absolute atomic E-state index is 0.195. The Morgan fingerprint density at radius 1 is 1.05 bits per heavy atom. The predicted octanol–water partition coefficient (Wildman–Crippen LogP) is 2.57. The van der Waals surface area contributed by atoms with Gasteiger partial charge in [-0.1, -0.05) is 13.3 Å². The Kier molecular flexibility index (Phi) is 8.82. The fourth-order valence-electron chi connectivity index (χ4n) is 1.85. The van der Waals surface area contributed by atoms with Gasteiger partial charge in [-0.3, -0.25) is 0 Å². The van der Waals surface area contributed by atoms with Crippen LogP contribution in [0.1, 0.15) is 31.4 Å². The van der Waals surface area contributed by atoms with Gasteiger partial charge in [0, 0.05) is 12.2 Å². The van der Waals surface area contributed by atoms with Crippen LogP contribution >= 0.6 is 0 Å². The van der Waals surface area contributed by atoms with Gasteiger partial charge in [-0.25, -0.2) is 0 Å². The van der Waals surface area contributed by atoms with Crippen molar-refractivity contribution in [3.05, 3.63) is 23.8 Å². The van der Waals surface area contributed by atoms with Gasteiger partial charge in [0.2, 0.25) is 0 Å². The molecular weight excluding hydrogens is 272 g/mol. The van der Waals surface area contributed by atoms with Crippen molar-refractivity contribution in [2.75, 3.05) is 40.6 Å². The number of benzene rings is 1. The molecule has 1 aromatic carbocycles. The molecule has 0 saturated carbocycles. The number of hydrogen-bond donors (Lipinski definition) is 1. The molecule has 1 unspecified atom stereocenters. The average molecular weight is 298 g/mol. The Hall–Kier alpha value is -1.30. The van der Waals surface area contributed by atoms with Crippen LogP contribution in [0.15, 0.2) is 18.2 Å². The summed E-state index contributed by atoms with van der Waals surface area (Å²) >= 11 is 0. The molecular formula is C16H26O5. The van der Waals surface area contributed by atoms with Gasteiger partial charge in [-0.2, -0.15) is 0 Å². The van der Waals surface area contributed by atoms with Gasteiger partial charge in [-0.05, 0) is 24.6 Å². The highest BCUT2D eigenvalue weighted by atomic mass is 16.5. The third-order valence-electron chi connectivity index (χ3n) is 3.09. The molecule has 120 valence electrons. The SMILES string of the molecule is CCCCOCCOCC(O)c1cc(OC)ccc1OC. The first-order valence-corrected chi connectivity index (χ1v) is 7.28. The second-order valence-electron chi connectivity index (χ2n) is 4.66. The van der Waals surface area contributed by atoms with E-state index in [1.165, 1.54) is 0 Å². The van der Waals surface area contributed by atoms with E-state index >= 15 is 0 Å². The maximum Gasteiger partial charge on any atom is 0.125 e. The number of ether oxygens (including phenoxy) is 4. The molecule has 1 aromatic rings. The van der Waals surface area contributed by atoms with Crippen LogP contribution in [-0.2, 0) is 9.47 Å². The summed E-state index contributed by atoms with van der Waals surface area (Å²) in [7, 11) is 3.16. The van der Waals surface area contributed by atoms with Gasteiger partial charge in [0.15, 0.2) is 0 Å². The standard InChI is InChI=1S/C16H26O5/c1-4-5-8-20-9-10-21-12-15(17)14-11-13(18-2)6-7-16(14)19-3/h6-7,11,15,17H,4-5,8-10,12H2,1-3H3. The Labute approximate surface area is 126 Å². The van der Waals surface area contributed by atoms with Gasteiger partial charge in [0.05, 0.1) is 34.0 Å². The molecule has 0 aliphatic rings. The van der Waals surface area contributed by atoms with Crippen LogP contribution in [-0.4, -0.2) is 45.8 Å². The normalized spacial score (nSPS) is 12.2. The maximum absolute atomic E-state index is 10.2. The van der Waals surface area contributed by atoms with E-state index in [0.717, 1.165) is 19.4 Å². The van der Waals surface area contributed by atoms with E-state index in [1.807, 2.05) is 0 Å². The number of aliphatic hydroxyl groups is 1. The number of aliphatic hydroxyl groups excluding tert-OH is 1. The lowest BCUT2D eigenvalue weighted by atomic mass is 10.1. The summed E-state index contributed by atoms with van der Waals surface area (Å²) in [4.78, 5) is 0. The van der Waals surface area contributed by atoms with Crippen molar-refractivity contribution in [1.82, 2.24) is 0 Å².